The largest absolute Gasteiger partial charge is 0.391 e. The lowest BCUT2D eigenvalue weighted by Crippen LogP contribution is -1.96. The van der Waals surface area contributed by atoms with E-state index in [1.807, 2.05) is 29.5 Å². The summed E-state index contributed by atoms with van der Waals surface area (Å²) in [5.74, 6) is 0. The molecule has 4 nitrogen and oxygen atoms in total. The minimum Gasteiger partial charge on any atom is -0.391 e. The van der Waals surface area contributed by atoms with E-state index in [-0.39, 0.29) is 11.5 Å². The fraction of sp³-hybridized carbons (Fsp3) is 0.200. The minimum atomic E-state index is -4.02. The van der Waals surface area contributed by atoms with Crippen LogP contribution < -0.4 is 0 Å². The predicted octanol–water partition coefficient (Wildman–Crippen LogP) is 2.17. The second-order valence-electron chi connectivity index (χ2n) is 2.96. The van der Waals surface area contributed by atoms with Gasteiger partial charge in [-0.15, -0.1) is 0 Å². The van der Waals surface area contributed by atoms with Gasteiger partial charge >= 0.3 is 0 Å². The summed E-state index contributed by atoms with van der Waals surface area (Å²) in [5.41, 5.74) is 0.956. The molecule has 1 aromatic rings. The molecule has 0 aromatic heterocycles. The Balaban J connectivity index is 0.000000385. The van der Waals surface area contributed by atoms with Gasteiger partial charge in [-0.1, -0.05) is 24.3 Å². The first-order chi connectivity index (χ1) is 7.27. The van der Waals surface area contributed by atoms with Crippen molar-refractivity contribution < 1.29 is 18.1 Å². The fourth-order valence-corrected chi connectivity index (χ4v) is 1.19. The van der Waals surface area contributed by atoms with E-state index in [9.17, 15) is 8.42 Å². The summed E-state index contributed by atoms with van der Waals surface area (Å²) in [4.78, 5) is -0.0666. The molecule has 0 saturated heterocycles. The lowest BCUT2D eigenvalue weighted by molar-refractivity contribution is 0.341. The van der Waals surface area contributed by atoms with Gasteiger partial charge in [0.1, 0.15) is 0 Å². The number of benzene rings is 1. The number of rotatable bonds is 2. The van der Waals surface area contributed by atoms with Crippen molar-refractivity contribution in [2.75, 3.05) is 6.61 Å². The van der Waals surface area contributed by atoms with Gasteiger partial charge in [0.25, 0.3) is 10.1 Å². The number of hydrogen-bond acceptors (Lipinski definition) is 3. The van der Waals surface area contributed by atoms with Crippen LogP contribution in [0, 0.1) is 6.92 Å². The zero-order chi connectivity index (χ0) is 12.8. The molecule has 1 rings (SSSR count). The summed E-state index contributed by atoms with van der Waals surface area (Å²) in [6.07, 6.45) is 0. The van der Waals surface area contributed by atoms with E-state index in [4.69, 9.17) is 9.66 Å². The second kappa shape index (κ2) is 7.00. The Hall–Kier alpha value is -0.440. The molecule has 0 radical (unpaired) electrons. The molecule has 0 aliphatic rings. The smallest absolute Gasteiger partial charge is 0.294 e. The molecule has 6 heteroatoms. The second-order valence-corrected chi connectivity index (χ2v) is 5.91. The van der Waals surface area contributed by atoms with Crippen molar-refractivity contribution in [1.82, 2.24) is 0 Å². The molecule has 0 amide bonds. The normalized spacial score (nSPS) is 10.2. The fourth-order valence-electron chi connectivity index (χ4n) is 0.710. The summed E-state index contributed by atoms with van der Waals surface area (Å²) >= 11 is 1.96. The van der Waals surface area contributed by atoms with E-state index in [0.29, 0.717) is 0 Å². The average molecular weight is 356 g/mol. The van der Waals surface area contributed by atoms with E-state index in [1.54, 1.807) is 12.1 Å². The topological polar surface area (TPSA) is 74.6 Å². The lowest BCUT2D eigenvalue weighted by Gasteiger charge is -1.95. The van der Waals surface area contributed by atoms with Crippen molar-refractivity contribution in [3.8, 4) is 0 Å². The Morgan fingerprint density at radius 1 is 1.38 bits per heavy atom. The molecule has 0 fully saturated rings. The van der Waals surface area contributed by atoms with Gasteiger partial charge in [-0.25, -0.2) is 0 Å². The Kier molecular flexibility index (Phi) is 6.81. The summed E-state index contributed by atoms with van der Waals surface area (Å²) in [7, 11) is -4.02. The number of halogens is 1. The predicted molar refractivity (Wildman–Crippen MR) is 71.2 cm³/mol. The molecule has 90 valence electrons. The van der Waals surface area contributed by atoms with Gasteiger partial charge in [-0.2, -0.15) is 8.42 Å². The molecular weight excluding hydrogens is 343 g/mol. The molecule has 0 heterocycles. The monoisotopic (exact) mass is 356 g/mol. The van der Waals surface area contributed by atoms with Gasteiger partial charge in [-0.3, -0.25) is 4.55 Å². The Morgan fingerprint density at radius 3 is 2.00 bits per heavy atom. The van der Waals surface area contributed by atoms with Crippen LogP contribution in [0.3, 0.4) is 0 Å². The van der Waals surface area contributed by atoms with Crippen LogP contribution >= 0.6 is 22.6 Å². The van der Waals surface area contributed by atoms with Crippen molar-refractivity contribution >= 4 is 32.7 Å². The first-order valence-corrected chi connectivity index (χ1v) is 6.77. The average Bonchev–Trinajstić information content (AvgIpc) is 2.18. The Labute approximate surface area is 109 Å². The highest BCUT2D eigenvalue weighted by Crippen LogP contribution is 2.08. The maximum atomic E-state index is 10.5. The number of aryl methyl sites for hydroxylation is 1. The molecule has 0 aliphatic heterocycles. The van der Waals surface area contributed by atoms with Gasteiger partial charge in [-0.05, 0) is 41.6 Å². The highest BCUT2D eigenvalue weighted by atomic mass is 127. The van der Waals surface area contributed by atoms with Crippen LogP contribution in [0.15, 0.2) is 39.3 Å². The maximum absolute atomic E-state index is 10.5. The van der Waals surface area contributed by atoms with Crippen molar-refractivity contribution in [2.24, 2.45) is 0 Å². The van der Waals surface area contributed by atoms with Crippen molar-refractivity contribution in [3.05, 3.63) is 40.0 Å². The lowest BCUT2D eigenvalue weighted by atomic mass is 10.2. The molecule has 1 aromatic carbocycles. The van der Waals surface area contributed by atoms with Crippen LogP contribution in [0.5, 0.6) is 0 Å². The first-order valence-electron chi connectivity index (χ1n) is 4.25. The van der Waals surface area contributed by atoms with Crippen LogP contribution in [0.2, 0.25) is 0 Å². The molecular formula is C10H13IO4S. The molecule has 16 heavy (non-hydrogen) atoms. The molecule has 0 aliphatic carbocycles. The summed E-state index contributed by atoms with van der Waals surface area (Å²) in [6.45, 7) is 5.35. The van der Waals surface area contributed by atoms with E-state index in [2.05, 4.69) is 6.58 Å². The zero-order valence-corrected chi connectivity index (χ0v) is 11.7. The van der Waals surface area contributed by atoms with Gasteiger partial charge in [0.2, 0.25) is 0 Å². The first kappa shape index (κ1) is 15.6. The molecule has 2 N–H and O–H groups in total. The SMILES string of the molecule is C=C(I)CO.Cc1ccc(S(=O)(=O)O)cc1. The van der Waals surface area contributed by atoms with Crippen LogP contribution in [0.4, 0.5) is 0 Å². The van der Waals surface area contributed by atoms with Gasteiger partial charge in [0.05, 0.1) is 11.5 Å². The van der Waals surface area contributed by atoms with Crippen molar-refractivity contribution in [1.29, 1.82) is 0 Å². The standard InChI is InChI=1S/C7H8O3S.C3H5IO/c1-6-2-4-7(5-3-6)11(8,9)10;1-3(4)2-5/h2-5H,1H3,(H,8,9,10);5H,1-2H2. The summed E-state index contributed by atoms with van der Waals surface area (Å²) in [5, 5.41) is 8.04. The van der Waals surface area contributed by atoms with Crippen molar-refractivity contribution in [3.63, 3.8) is 0 Å². The Morgan fingerprint density at radius 2 is 1.75 bits per heavy atom. The number of aliphatic hydroxyl groups is 1. The van der Waals surface area contributed by atoms with Gasteiger partial charge < -0.3 is 5.11 Å². The third-order valence-corrected chi connectivity index (χ3v) is 2.70. The van der Waals surface area contributed by atoms with Crippen LogP contribution in [0.1, 0.15) is 5.56 Å². The zero-order valence-electron chi connectivity index (χ0n) is 8.72. The Bertz CT molecular complexity index is 436. The van der Waals surface area contributed by atoms with E-state index >= 15 is 0 Å². The van der Waals surface area contributed by atoms with Crippen LogP contribution in [-0.2, 0) is 10.1 Å². The molecule has 0 unspecified atom stereocenters. The third kappa shape index (κ3) is 6.94. The number of hydrogen-bond donors (Lipinski definition) is 2. The summed E-state index contributed by atoms with van der Waals surface area (Å²) in [6, 6.07) is 5.99. The molecule has 0 atom stereocenters. The molecule has 0 bridgehead atoms. The maximum Gasteiger partial charge on any atom is 0.294 e. The van der Waals surface area contributed by atoms with E-state index in [0.717, 1.165) is 9.14 Å². The quantitative estimate of drug-likeness (QED) is 0.629. The highest BCUT2D eigenvalue weighted by Gasteiger charge is 2.06. The minimum absolute atomic E-state index is 0.0666. The van der Waals surface area contributed by atoms with E-state index in [1.165, 1.54) is 12.1 Å². The molecule has 0 spiro atoms. The van der Waals surface area contributed by atoms with Crippen molar-refractivity contribution in [2.45, 2.75) is 11.8 Å². The van der Waals surface area contributed by atoms with E-state index < -0.39 is 10.1 Å². The van der Waals surface area contributed by atoms with Gasteiger partial charge in [0.15, 0.2) is 0 Å². The molecule has 0 saturated carbocycles. The third-order valence-electron chi connectivity index (χ3n) is 1.49. The van der Waals surface area contributed by atoms with Gasteiger partial charge in [0, 0.05) is 3.58 Å². The number of aliphatic hydroxyl groups excluding tert-OH is 1. The van der Waals surface area contributed by atoms with Crippen LogP contribution in [0.25, 0.3) is 0 Å². The highest BCUT2D eigenvalue weighted by molar-refractivity contribution is 14.1. The van der Waals surface area contributed by atoms with Crippen LogP contribution in [-0.4, -0.2) is 24.7 Å². The summed E-state index contributed by atoms with van der Waals surface area (Å²) < 4.78 is 30.3.